The Balaban J connectivity index is 2.57. The summed E-state index contributed by atoms with van der Waals surface area (Å²) in [7, 11) is 1.63. The molecule has 0 bridgehead atoms. The first-order valence-electron chi connectivity index (χ1n) is 5.47. The minimum absolute atomic E-state index is 0.0792. The quantitative estimate of drug-likeness (QED) is 0.657. The van der Waals surface area contributed by atoms with Gasteiger partial charge < -0.3 is 21.5 Å². The van der Waals surface area contributed by atoms with Gasteiger partial charge in [-0.05, 0) is 24.6 Å². The largest absolute Gasteiger partial charge is 0.497 e. The van der Waals surface area contributed by atoms with E-state index in [1.165, 1.54) is 0 Å². The molecule has 0 fully saturated rings. The van der Waals surface area contributed by atoms with Crippen LogP contribution in [0.1, 0.15) is 18.5 Å². The van der Waals surface area contributed by atoms with Crippen molar-refractivity contribution >= 4 is 5.91 Å². The van der Waals surface area contributed by atoms with Crippen LogP contribution in [0.3, 0.4) is 0 Å². The van der Waals surface area contributed by atoms with Crippen LogP contribution >= 0.6 is 0 Å². The van der Waals surface area contributed by atoms with E-state index in [9.17, 15) is 4.79 Å². The summed E-state index contributed by atoms with van der Waals surface area (Å²) < 4.78 is 5.14. The van der Waals surface area contributed by atoms with Gasteiger partial charge in [0.05, 0.1) is 13.2 Å². The number of benzene rings is 1. The van der Waals surface area contributed by atoms with E-state index in [0.29, 0.717) is 6.54 Å². The first-order valence-corrected chi connectivity index (χ1v) is 5.47. The molecule has 5 N–H and O–H groups in total. The van der Waals surface area contributed by atoms with Crippen LogP contribution in [-0.4, -0.2) is 25.6 Å². The van der Waals surface area contributed by atoms with Crippen molar-refractivity contribution in [3.8, 4) is 5.75 Å². The van der Waals surface area contributed by atoms with E-state index < -0.39 is 11.9 Å². The highest BCUT2D eigenvalue weighted by Crippen LogP contribution is 2.18. The number of hydrogen-bond donors (Lipinski definition) is 3. The minimum Gasteiger partial charge on any atom is -0.497 e. The number of nitrogens with one attached hydrogen (secondary N) is 1. The third-order valence-electron chi connectivity index (χ3n) is 2.60. The van der Waals surface area contributed by atoms with Gasteiger partial charge in [0.2, 0.25) is 5.91 Å². The lowest BCUT2D eigenvalue weighted by Crippen LogP contribution is -2.44. The van der Waals surface area contributed by atoms with Gasteiger partial charge >= 0.3 is 0 Å². The maximum absolute atomic E-state index is 10.8. The van der Waals surface area contributed by atoms with Gasteiger partial charge in [-0.15, -0.1) is 0 Å². The van der Waals surface area contributed by atoms with Crippen LogP contribution in [0.2, 0.25) is 0 Å². The monoisotopic (exact) mass is 237 g/mol. The molecule has 1 aromatic rings. The third kappa shape index (κ3) is 4.05. The van der Waals surface area contributed by atoms with Crippen LogP contribution in [-0.2, 0) is 4.79 Å². The van der Waals surface area contributed by atoms with Crippen LogP contribution < -0.4 is 21.5 Å². The van der Waals surface area contributed by atoms with Crippen molar-refractivity contribution in [2.75, 3.05) is 13.7 Å². The van der Waals surface area contributed by atoms with Crippen molar-refractivity contribution in [2.45, 2.75) is 19.0 Å². The average Bonchev–Trinajstić information content (AvgIpc) is 2.35. The summed E-state index contributed by atoms with van der Waals surface area (Å²) in [5.41, 5.74) is 11.7. The average molecular weight is 237 g/mol. The Bertz CT molecular complexity index is 382. The lowest BCUT2D eigenvalue weighted by Gasteiger charge is -2.17. The second kappa shape index (κ2) is 6.22. The predicted octanol–water partition coefficient (Wildman–Crippen LogP) is 0.158. The molecule has 94 valence electrons. The lowest BCUT2D eigenvalue weighted by molar-refractivity contribution is -0.119. The summed E-state index contributed by atoms with van der Waals surface area (Å²) in [6, 6.07) is 7.13. The van der Waals surface area contributed by atoms with E-state index >= 15 is 0 Å². The van der Waals surface area contributed by atoms with Crippen molar-refractivity contribution in [2.24, 2.45) is 11.5 Å². The Morgan fingerprint density at radius 1 is 1.53 bits per heavy atom. The Morgan fingerprint density at radius 2 is 2.24 bits per heavy atom. The molecule has 2 atom stereocenters. The van der Waals surface area contributed by atoms with Gasteiger partial charge in [-0.25, -0.2) is 0 Å². The highest BCUT2D eigenvalue weighted by molar-refractivity contribution is 5.79. The zero-order chi connectivity index (χ0) is 12.8. The fourth-order valence-corrected chi connectivity index (χ4v) is 1.43. The lowest BCUT2D eigenvalue weighted by atomic mass is 10.1. The standard InChI is InChI=1S/C12H19N3O2/c1-8(15-7-11(13)12(14)16)9-4-3-5-10(6-9)17-2/h3-6,8,11,15H,7,13H2,1-2H3,(H2,14,16)/t8-,11?/m1/s1. The van der Waals surface area contributed by atoms with Gasteiger partial charge in [-0.3, -0.25) is 4.79 Å². The van der Waals surface area contributed by atoms with Gasteiger partial charge in [0.1, 0.15) is 5.75 Å². The van der Waals surface area contributed by atoms with E-state index in [4.69, 9.17) is 16.2 Å². The van der Waals surface area contributed by atoms with Crippen LogP contribution in [0, 0.1) is 0 Å². The number of rotatable bonds is 6. The number of ether oxygens (including phenoxy) is 1. The highest BCUT2D eigenvalue weighted by atomic mass is 16.5. The number of hydrogen-bond acceptors (Lipinski definition) is 4. The normalized spacial score (nSPS) is 14.1. The molecule has 0 spiro atoms. The number of carbonyl (C=O) groups excluding carboxylic acids is 1. The van der Waals surface area contributed by atoms with Crippen molar-refractivity contribution in [3.63, 3.8) is 0 Å². The Labute approximate surface area is 101 Å². The minimum atomic E-state index is -0.664. The Hall–Kier alpha value is -1.59. The molecule has 17 heavy (non-hydrogen) atoms. The second-order valence-electron chi connectivity index (χ2n) is 3.92. The maximum atomic E-state index is 10.8. The molecule has 0 aliphatic heterocycles. The molecule has 0 aliphatic carbocycles. The molecular weight excluding hydrogens is 218 g/mol. The first kappa shape index (κ1) is 13.5. The first-order chi connectivity index (χ1) is 8.04. The van der Waals surface area contributed by atoms with E-state index in [0.717, 1.165) is 11.3 Å². The summed E-state index contributed by atoms with van der Waals surface area (Å²) in [6.07, 6.45) is 0. The Morgan fingerprint density at radius 3 is 2.82 bits per heavy atom. The summed E-state index contributed by atoms with van der Waals surface area (Å²) >= 11 is 0. The van der Waals surface area contributed by atoms with Crippen LogP contribution in [0.25, 0.3) is 0 Å². The van der Waals surface area contributed by atoms with Gasteiger partial charge in [0, 0.05) is 12.6 Å². The zero-order valence-corrected chi connectivity index (χ0v) is 10.1. The molecule has 0 aromatic heterocycles. The Kier molecular flexibility index (Phi) is 4.93. The highest BCUT2D eigenvalue weighted by Gasteiger charge is 2.11. The molecule has 0 radical (unpaired) electrons. The van der Waals surface area contributed by atoms with Crippen LogP contribution in [0.4, 0.5) is 0 Å². The number of amides is 1. The van der Waals surface area contributed by atoms with Gasteiger partial charge in [0.15, 0.2) is 0 Å². The van der Waals surface area contributed by atoms with E-state index in [1.807, 2.05) is 31.2 Å². The molecule has 5 heteroatoms. The number of carbonyl (C=O) groups is 1. The smallest absolute Gasteiger partial charge is 0.235 e. The SMILES string of the molecule is COc1cccc([C@@H](C)NCC(N)C(N)=O)c1. The molecular formula is C12H19N3O2. The molecule has 1 rings (SSSR count). The van der Waals surface area contributed by atoms with Crippen molar-refractivity contribution in [3.05, 3.63) is 29.8 Å². The number of primary amides is 1. The summed E-state index contributed by atoms with van der Waals surface area (Å²) in [5.74, 6) is 0.297. The van der Waals surface area contributed by atoms with Crippen LogP contribution in [0.5, 0.6) is 5.75 Å². The molecule has 1 unspecified atom stereocenters. The molecule has 5 nitrogen and oxygen atoms in total. The van der Waals surface area contributed by atoms with Crippen molar-refractivity contribution < 1.29 is 9.53 Å². The topological polar surface area (TPSA) is 90.4 Å². The van der Waals surface area contributed by atoms with Crippen molar-refractivity contribution in [1.82, 2.24) is 5.32 Å². The summed E-state index contributed by atoms with van der Waals surface area (Å²) in [5, 5.41) is 3.15. The number of nitrogens with two attached hydrogens (primary N) is 2. The zero-order valence-electron chi connectivity index (χ0n) is 10.1. The molecule has 1 aromatic carbocycles. The van der Waals surface area contributed by atoms with Crippen LogP contribution in [0.15, 0.2) is 24.3 Å². The van der Waals surface area contributed by atoms with E-state index in [-0.39, 0.29) is 6.04 Å². The van der Waals surface area contributed by atoms with Gasteiger partial charge in [0.25, 0.3) is 0 Å². The fourth-order valence-electron chi connectivity index (χ4n) is 1.43. The molecule has 0 aliphatic rings. The summed E-state index contributed by atoms with van der Waals surface area (Å²) in [6.45, 7) is 2.34. The second-order valence-corrected chi connectivity index (χ2v) is 3.92. The molecule has 1 amide bonds. The maximum Gasteiger partial charge on any atom is 0.235 e. The molecule has 0 saturated heterocycles. The van der Waals surface area contributed by atoms with Gasteiger partial charge in [-0.1, -0.05) is 12.1 Å². The van der Waals surface area contributed by atoms with E-state index in [1.54, 1.807) is 7.11 Å². The summed E-state index contributed by atoms with van der Waals surface area (Å²) in [4.78, 5) is 10.8. The molecule has 0 saturated carbocycles. The van der Waals surface area contributed by atoms with E-state index in [2.05, 4.69) is 5.32 Å². The van der Waals surface area contributed by atoms with Gasteiger partial charge in [-0.2, -0.15) is 0 Å². The fraction of sp³-hybridized carbons (Fsp3) is 0.417. The predicted molar refractivity (Wildman–Crippen MR) is 66.6 cm³/mol. The van der Waals surface area contributed by atoms with Crippen molar-refractivity contribution in [1.29, 1.82) is 0 Å². The number of methoxy groups -OCH3 is 1. The third-order valence-corrected chi connectivity index (χ3v) is 2.60. The molecule has 0 heterocycles.